The van der Waals surface area contributed by atoms with Crippen molar-refractivity contribution in [2.75, 3.05) is 0 Å². The van der Waals surface area contributed by atoms with E-state index in [0.29, 0.717) is 5.46 Å². The first kappa shape index (κ1) is 13.5. The minimum Gasteiger partial charge on any atom is -0.508 e. The molecule has 20 heavy (non-hydrogen) atoms. The Bertz CT molecular complexity index is 662. The van der Waals surface area contributed by atoms with Crippen molar-refractivity contribution in [2.24, 2.45) is 7.05 Å². The fourth-order valence-corrected chi connectivity index (χ4v) is 2.36. The van der Waals surface area contributed by atoms with E-state index in [1.165, 1.54) is 0 Å². The number of nitrogens with zero attached hydrogens (tertiary/aromatic N) is 2. The van der Waals surface area contributed by atoms with Crippen molar-refractivity contribution in [3.8, 4) is 5.75 Å². The molecule has 1 fully saturated rings. The summed E-state index contributed by atoms with van der Waals surface area (Å²) in [4.78, 5) is 0. The van der Waals surface area contributed by atoms with Crippen LogP contribution in [-0.2, 0) is 16.4 Å². The number of phenolic OH excluding ortho intramolecular Hbond substituents is 1. The molecule has 0 radical (unpaired) electrons. The highest BCUT2D eigenvalue weighted by Gasteiger charge is 2.52. The number of hydrogen-bond donors (Lipinski definition) is 1. The van der Waals surface area contributed by atoms with Gasteiger partial charge in [-0.1, -0.05) is 0 Å². The highest BCUT2D eigenvalue weighted by Crippen LogP contribution is 2.37. The van der Waals surface area contributed by atoms with Gasteiger partial charge in [0, 0.05) is 30.2 Å². The van der Waals surface area contributed by atoms with Crippen LogP contribution >= 0.6 is 0 Å². The lowest BCUT2D eigenvalue weighted by Crippen LogP contribution is -2.41. The zero-order chi connectivity index (χ0) is 14.7. The second-order valence-electron chi connectivity index (χ2n) is 6.36. The smallest absolute Gasteiger partial charge is 0.498 e. The number of rotatable bonds is 1. The van der Waals surface area contributed by atoms with Crippen LogP contribution in [0.25, 0.3) is 10.9 Å². The van der Waals surface area contributed by atoms with E-state index in [1.807, 2.05) is 47.0 Å². The van der Waals surface area contributed by atoms with E-state index in [4.69, 9.17) is 9.31 Å². The second kappa shape index (κ2) is 3.99. The molecule has 106 valence electrons. The number of fused-ring (bicyclic) bond motifs is 1. The molecule has 1 N–H and O–H groups in total. The first-order valence-electron chi connectivity index (χ1n) is 6.71. The van der Waals surface area contributed by atoms with Crippen molar-refractivity contribution < 1.29 is 14.4 Å². The minimum atomic E-state index is -0.565. The Balaban J connectivity index is 2.05. The Hall–Kier alpha value is -1.53. The SMILES string of the molecule is Cn1cc2cc(B3OC(C)(C)C(C)(C)O3)c(O)cc2n1. The van der Waals surface area contributed by atoms with Gasteiger partial charge >= 0.3 is 7.12 Å². The van der Waals surface area contributed by atoms with Gasteiger partial charge in [0.25, 0.3) is 0 Å². The van der Waals surface area contributed by atoms with Crippen LogP contribution in [-0.4, -0.2) is 33.2 Å². The highest BCUT2D eigenvalue weighted by atomic mass is 16.7. The molecule has 2 heterocycles. The normalized spacial score (nSPS) is 20.8. The van der Waals surface area contributed by atoms with E-state index in [0.717, 1.165) is 10.9 Å². The summed E-state index contributed by atoms with van der Waals surface area (Å²) in [6.45, 7) is 7.97. The third-order valence-corrected chi connectivity index (χ3v) is 4.27. The predicted molar refractivity (Wildman–Crippen MR) is 78.1 cm³/mol. The number of aromatic nitrogens is 2. The molecule has 1 aromatic heterocycles. The number of aromatic hydroxyl groups is 1. The monoisotopic (exact) mass is 274 g/mol. The second-order valence-corrected chi connectivity index (χ2v) is 6.36. The van der Waals surface area contributed by atoms with Crippen LogP contribution in [0.4, 0.5) is 0 Å². The summed E-state index contributed by atoms with van der Waals surface area (Å²) in [5.41, 5.74) is 0.552. The lowest BCUT2D eigenvalue weighted by molar-refractivity contribution is 0.00578. The van der Waals surface area contributed by atoms with Crippen LogP contribution in [0.1, 0.15) is 27.7 Å². The van der Waals surface area contributed by atoms with Crippen molar-refractivity contribution in [3.05, 3.63) is 18.3 Å². The van der Waals surface area contributed by atoms with Crippen LogP contribution in [0.3, 0.4) is 0 Å². The molecule has 1 aromatic carbocycles. The van der Waals surface area contributed by atoms with E-state index < -0.39 is 18.3 Å². The van der Waals surface area contributed by atoms with Crippen molar-refractivity contribution >= 4 is 23.5 Å². The third-order valence-electron chi connectivity index (χ3n) is 4.27. The standard InChI is InChI=1S/C14H19BN2O3/c1-13(2)14(3,4)20-15(19-13)10-6-9-8-17(5)16-11(9)7-12(10)18/h6-8,18H,1-5H3. The molecule has 0 amide bonds. The molecule has 1 aliphatic rings. The number of phenols is 1. The lowest BCUT2D eigenvalue weighted by Gasteiger charge is -2.32. The molecule has 0 spiro atoms. The van der Waals surface area contributed by atoms with Crippen molar-refractivity contribution in [1.82, 2.24) is 9.78 Å². The molecular formula is C14H19BN2O3. The van der Waals surface area contributed by atoms with Crippen molar-refractivity contribution in [3.63, 3.8) is 0 Å². The van der Waals surface area contributed by atoms with E-state index in [9.17, 15) is 5.11 Å². The maximum atomic E-state index is 10.2. The zero-order valence-electron chi connectivity index (χ0n) is 12.5. The molecule has 0 bridgehead atoms. The number of hydrogen-bond acceptors (Lipinski definition) is 4. The molecule has 1 aliphatic heterocycles. The molecule has 1 saturated heterocycles. The minimum absolute atomic E-state index is 0.148. The number of aryl methyl sites for hydroxylation is 1. The van der Waals surface area contributed by atoms with E-state index in [-0.39, 0.29) is 5.75 Å². The maximum absolute atomic E-state index is 10.2. The fourth-order valence-electron chi connectivity index (χ4n) is 2.36. The third kappa shape index (κ3) is 1.91. The molecule has 0 aliphatic carbocycles. The van der Waals surface area contributed by atoms with Gasteiger partial charge in [-0.15, -0.1) is 0 Å². The summed E-state index contributed by atoms with van der Waals surface area (Å²) in [6, 6.07) is 3.52. The van der Waals surface area contributed by atoms with Gasteiger partial charge in [0.2, 0.25) is 0 Å². The lowest BCUT2D eigenvalue weighted by atomic mass is 9.78. The molecule has 6 heteroatoms. The van der Waals surface area contributed by atoms with E-state index >= 15 is 0 Å². The van der Waals surface area contributed by atoms with Gasteiger partial charge in [0.15, 0.2) is 0 Å². The van der Waals surface area contributed by atoms with Crippen LogP contribution < -0.4 is 5.46 Å². The van der Waals surface area contributed by atoms with Crippen LogP contribution in [0.5, 0.6) is 5.75 Å². The average Bonchev–Trinajstić information content (AvgIpc) is 2.74. The summed E-state index contributed by atoms with van der Waals surface area (Å²) >= 11 is 0. The Labute approximate surface area is 118 Å². The quantitative estimate of drug-likeness (QED) is 0.802. The summed E-state index contributed by atoms with van der Waals surface area (Å²) in [7, 11) is 1.29. The van der Waals surface area contributed by atoms with Gasteiger partial charge < -0.3 is 14.4 Å². The van der Waals surface area contributed by atoms with E-state index in [2.05, 4.69) is 5.10 Å². The Morgan fingerprint density at radius 3 is 2.35 bits per heavy atom. The maximum Gasteiger partial charge on any atom is 0.498 e. The zero-order valence-corrected chi connectivity index (χ0v) is 12.5. The topological polar surface area (TPSA) is 56.5 Å². The van der Waals surface area contributed by atoms with Gasteiger partial charge in [-0.2, -0.15) is 5.10 Å². The van der Waals surface area contributed by atoms with Crippen LogP contribution in [0.15, 0.2) is 18.3 Å². The van der Waals surface area contributed by atoms with Gasteiger partial charge in [0.1, 0.15) is 5.75 Å². The van der Waals surface area contributed by atoms with Crippen molar-refractivity contribution in [2.45, 2.75) is 38.9 Å². The van der Waals surface area contributed by atoms with Crippen LogP contribution in [0.2, 0.25) is 0 Å². The number of benzene rings is 1. The molecule has 0 unspecified atom stereocenters. The van der Waals surface area contributed by atoms with Gasteiger partial charge in [-0.25, -0.2) is 0 Å². The predicted octanol–water partition coefficient (Wildman–Crippen LogP) is 1.58. The van der Waals surface area contributed by atoms with Gasteiger partial charge in [-0.3, -0.25) is 4.68 Å². The first-order chi connectivity index (χ1) is 9.19. The summed E-state index contributed by atoms with van der Waals surface area (Å²) in [6.07, 6.45) is 1.91. The van der Waals surface area contributed by atoms with E-state index in [1.54, 1.807) is 10.7 Å². The first-order valence-corrected chi connectivity index (χ1v) is 6.71. The largest absolute Gasteiger partial charge is 0.508 e. The van der Waals surface area contributed by atoms with Crippen molar-refractivity contribution in [1.29, 1.82) is 0 Å². The molecule has 2 aromatic rings. The van der Waals surface area contributed by atoms with Gasteiger partial charge in [-0.05, 0) is 33.8 Å². The molecular weight excluding hydrogens is 255 g/mol. The molecule has 0 atom stereocenters. The highest BCUT2D eigenvalue weighted by molar-refractivity contribution is 6.63. The van der Waals surface area contributed by atoms with Crippen LogP contribution in [0, 0.1) is 0 Å². The molecule has 0 saturated carbocycles. The Kier molecular flexibility index (Phi) is 2.69. The Morgan fingerprint density at radius 2 is 1.75 bits per heavy atom. The summed E-state index contributed by atoms with van der Waals surface area (Å²) in [5, 5.41) is 15.4. The fraction of sp³-hybridized carbons (Fsp3) is 0.500. The van der Waals surface area contributed by atoms with Gasteiger partial charge in [0.05, 0.1) is 16.7 Å². The summed E-state index contributed by atoms with van der Waals surface area (Å²) < 4.78 is 13.7. The molecule has 3 rings (SSSR count). The Morgan fingerprint density at radius 1 is 1.15 bits per heavy atom. The summed E-state index contributed by atoms with van der Waals surface area (Å²) in [5.74, 6) is 0.148. The average molecular weight is 274 g/mol. The molecule has 5 nitrogen and oxygen atoms in total.